The first-order chi connectivity index (χ1) is 32.9. The highest BCUT2D eigenvalue weighted by Gasteiger charge is 2.52. The van der Waals surface area contributed by atoms with Crippen LogP contribution in [0.2, 0.25) is 0 Å². The minimum atomic E-state index is -5.73. The van der Waals surface area contributed by atoms with Crippen LogP contribution in [0.4, 0.5) is 29.3 Å². The van der Waals surface area contributed by atoms with Gasteiger partial charge in [0.15, 0.2) is 6.10 Å². The van der Waals surface area contributed by atoms with E-state index in [1.807, 2.05) is 0 Å². The molecule has 0 radical (unpaired) electrons. The molecule has 0 saturated heterocycles. The number of esters is 1. The number of sulfonamides is 2. The van der Waals surface area contributed by atoms with Gasteiger partial charge < -0.3 is 14.6 Å². The molecule has 0 unspecified atom stereocenters. The molecule has 0 fully saturated rings. The number of aliphatic hydroxyl groups excluding tert-OH is 1. The van der Waals surface area contributed by atoms with E-state index >= 15 is 4.79 Å². The van der Waals surface area contributed by atoms with Gasteiger partial charge in [-0.1, -0.05) is 81.7 Å². The van der Waals surface area contributed by atoms with E-state index in [9.17, 15) is 60.1 Å². The molecule has 0 saturated carbocycles. The van der Waals surface area contributed by atoms with Gasteiger partial charge in [0.1, 0.15) is 0 Å². The van der Waals surface area contributed by atoms with E-state index in [-0.39, 0.29) is 16.5 Å². The zero-order valence-corrected chi connectivity index (χ0v) is 41.2. The Kier molecular flexibility index (Phi) is 18.9. The van der Waals surface area contributed by atoms with Crippen molar-refractivity contribution < 1.29 is 73.7 Å². The summed E-state index contributed by atoms with van der Waals surface area (Å²) in [4.78, 5) is 60.5. The molecule has 0 heterocycles. The van der Waals surface area contributed by atoms with Crippen molar-refractivity contribution in [1.82, 2.24) is 13.8 Å². The highest BCUT2D eigenvalue weighted by atomic mass is 32.2. The number of non-ortho nitro benzene ring substituents is 2. The SMILES string of the molecule is CC(C)ON(C[C@H](O)[C@H](Cc1ccccc1)N(C(=O)O[C@H](CN(OC(C)C)S(=O)(=O)c1cccc([N+](=O)[O-])c1)[C@](N)(Cc1ccccc1)OC(=O)C(F)(F)F)C(C)(C)C)S(=O)(=O)c1cccc([N+](=O)[O-])c1. The number of hydrogen-bond donors (Lipinski definition) is 2. The van der Waals surface area contributed by atoms with E-state index in [2.05, 4.69) is 0 Å². The fourth-order valence-corrected chi connectivity index (χ4v) is 9.78. The third-order valence-electron chi connectivity index (χ3n) is 10.1. The summed E-state index contributed by atoms with van der Waals surface area (Å²) in [6.07, 6.45) is -14.9. The van der Waals surface area contributed by atoms with Crippen molar-refractivity contribution >= 4 is 43.5 Å². The second-order valence-electron chi connectivity index (χ2n) is 17.5. The monoisotopic (exact) mass is 1040 g/mol. The minimum Gasteiger partial charge on any atom is -0.439 e. The van der Waals surface area contributed by atoms with Crippen molar-refractivity contribution in [2.45, 2.75) is 119 Å². The van der Waals surface area contributed by atoms with Gasteiger partial charge in [0.2, 0.25) is 5.72 Å². The zero-order valence-electron chi connectivity index (χ0n) is 39.5. The maximum atomic E-state index is 15.2. The van der Waals surface area contributed by atoms with Gasteiger partial charge >= 0.3 is 18.2 Å². The maximum Gasteiger partial charge on any atom is 0.490 e. The molecule has 4 aromatic rings. The number of carbonyl (C=O) groups is 2. The van der Waals surface area contributed by atoms with E-state index in [4.69, 9.17) is 24.9 Å². The number of alkyl halides is 3. The molecule has 26 heteroatoms. The van der Waals surface area contributed by atoms with Gasteiger partial charge in [-0.2, -0.15) is 13.2 Å². The summed E-state index contributed by atoms with van der Waals surface area (Å²) in [6.45, 7) is 7.61. The van der Waals surface area contributed by atoms with Crippen molar-refractivity contribution in [3.05, 3.63) is 141 Å². The molecule has 0 spiro atoms. The fraction of sp³-hybridized carbons (Fsp3) is 0.422. The lowest BCUT2D eigenvalue weighted by molar-refractivity contribution is -0.385. The number of aliphatic hydroxyl groups is 1. The normalized spacial score (nSPS) is 14.7. The summed E-state index contributed by atoms with van der Waals surface area (Å²) in [5, 5.41) is 35.6. The van der Waals surface area contributed by atoms with Crippen molar-refractivity contribution in [2.24, 2.45) is 5.73 Å². The summed E-state index contributed by atoms with van der Waals surface area (Å²) in [5.74, 6) is -2.88. The molecule has 1 amide bonds. The number of ether oxygens (including phenoxy) is 2. The van der Waals surface area contributed by atoms with E-state index in [1.54, 1.807) is 30.3 Å². The number of hydrogen-bond acceptors (Lipinski definition) is 16. The topological polar surface area (TPSA) is 282 Å². The van der Waals surface area contributed by atoms with E-state index in [1.165, 1.54) is 78.8 Å². The smallest absolute Gasteiger partial charge is 0.439 e. The Balaban J connectivity index is 1.97. The van der Waals surface area contributed by atoms with Crippen LogP contribution in [0.5, 0.6) is 0 Å². The molecule has 3 N–H and O–H groups in total. The molecule has 0 aliphatic rings. The number of nitrogens with two attached hydrogens (primary N) is 1. The Hall–Kier alpha value is -6.13. The summed E-state index contributed by atoms with van der Waals surface area (Å²) in [5.41, 5.74) is 1.25. The predicted octanol–water partition coefficient (Wildman–Crippen LogP) is 6.45. The summed E-state index contributed by atoms with van der Waals surface area (Å²) < 4.78 is 111. The first kappa shape index (κ1) is 57.4. The molecule has 388 valence electrons. The number of carbonyl (C=O) groups excluding carboxylic acids is 2. The lowest BCUT2D eigenvalue weighted by Crippen LogP contribution is -2.65. The number of amides is 1. The van der Waals surface area contributed by atoms with Crippen LogP contribution in [-0.2, 0) is 56.8 Å². The highest BCUT2D eigenvalue weighted by Crippen LogP contribution is 2.32. The number of halogens is 3. The van der Waals surface area contributed by atoms with E-state index in [0.717, 1.165) is 47.4 Å². The van der Waals surface area contributed by atoms with Crippen LogP contribution >= 0.6 is 0 Å². The van der Waals surface area contributed by atoms with Gasteiger partial charge in [0, 0.05) is 36.2 Å². The van der Waals surface area contributed by atoms with Crippen molar-refractivity contribution in [3.63, 3.8) is 0 Å². The largest absolute Gasteiger partial charge is 0.490 e. The molecule has 0 aromatic heterocycles. The zero-order chi connectivity index (χ0) is 53.3. The molecular weight excluding hydrogens is 986 g/mol. The van der Waals surface area contributed by atoms with Crippen LogP contribution in [0.1, 0.15) is 59.6 Å². The van der Waals surface area contributed by atoms with E-state index < -0.39 is 131 Å². The predicted molar refractivity (Wildman–Crippen MR) is 247 cm³/mol. The van der Waals surface area contributed by atoms with Crippen LogP contribution in [0.3, 0.4) is 0 Å². The fourth-order valence-electron chi connectivity index (χ4n) is 7.02. The number of benzene rings is 4. The van der Waals surface area contributed by atoms with Gasteiger partial charge in [-0.3, -0.25) is 40.5 Å². The number of nitro groups is 2. The van der Waals surface area contributed by atoms with Crippen LogP contribution in [0, 0.1) is 20.2 Å². The molecule has 71 heavy (non-hydrogen) atoms. The Morgan fingerprint density at radius 2 is 1.14 bits per heavy atom. The average Bonchev–Trinajstić information content (AvgIpc) is 3.27. The minimum absolute atomic E-state index is 0.0872. The third-order valence-corrected chi connectivity index (χ3v) is 13.3. The molecule has 4 aromatic carbocycles. The van der Waals surface area contributed by atoms with Crippen molar-refractivity contribution in [2.75, 3.05) is 13.1 Å². The molecule has 21 nitrogen and oxygen atoms in total. The lowest BCUT2D eigenvalue weighted by atomic mass is 9.94. The van der Waals surface area contributed by atoms with Gasteiger partial charge in [-0.15, -0.1) is 0 Å². The van der Waals surface area contributed by atoms with Gasteiger partial charge in [0.05, 0.1) is 57.1 Å². The summed E-state index contributed by atoms with van der Waals surface area (Å²) in [6, 6.07) is 21.3. The first-order valence-electron chi connectivity index (χ1n) is 21.6. The first-order valence-corrected chi connectivity index (χ1v) is 24.5. The van der Waals surface area contributed by atoms with Gasteiger partial charge in [-0.25, -0.2) is 26.4 Å². The second-order valence-corrected chi connectivity index (χ2v) is 21.2. The molecule has 0 aliphatic heterocycles. The number of rotatable bonds is 23. The van der Waals surface area contributed by atoms with Crippen LogP contribution in [-0.4, -0.2) is 119 Å². The van der Waals surface area contributed by atoms with Crippen LogP contribution in [0.15, 0.2) is 119 Å². The van der Waals surface area contributed by atoms with Gasteiger partial charge in [-0.05, 0) is 78.1 Å². The third kappa shape index (κ3) is 15.4. The molecule has 4 rings (SSSR count). The standard InChI is InChI=1S/C45H55F3N6O15S2/c1-30(2)68-50(70(62,63)36-22-14-20-34(25-36)53(58)59)28-39(55)38(24-32-16-10-8-11-17-32)52(43(5,6)7)42(57)66-40(44(49,67-41(56)45(46,47)48)27-33-18-12-9-13-19-33)29-51(69-31(3)4)71(64,65)37-23-15-21-35(26-37)54(60)61/h8-23,25-26,30-31,38-40,55H,24,27-29,49H2,1-7H3/t38-,39-,40+,44-/m0/s1. The highest BCUT2D eigenvalue weighted by molar-refractivity contribution is 7.89. The molecule has 4 atom stereocenters. The Labute approximate surface area is 408 Å². The quantitative estimate of drug-likeness (QED) is 0.0349. The summed E-state index contributed by atoms with van der Waals surface area (Å²) >= 11 is 0. The van der Waals surface area contributed by atoms with Crippen molar-refractivity contribution in [3.8, 4) is 0 Å². The van der Waals surface area contributed by atoms with Crippen molar-refractivity contribution in [1.29, 1.82) is 0 Å². The summed E-state index contributed by atoms with van der Waals surface area (Å²) in [7, 11) is -9.98. The second kappa shape index (κ2) is 23.4. The van der Waals surface area contributed by atoms with Crippen LogP contribution in [0.25, 0.3) is 0 Å². The number of nitrogens with zero attached hydrogens (tertiary/aromatic N) is 5. The Bertz CT molecular complexity index is 2710. The number of hydroxylamine groups is 2. The number of nitro benzene ring substituents is 2. The maximum absolute atomic E-state index is 15.2. The van der Waals surface area contributed by atoms with Gasteiger partial charge in [0.25, 0.3) is 31.4 Å². The van der Waals surface area contributed by atoms with Crippen LogP contribution < -0.4 is 5.73 Å². The Morgan fingerprint density at radius 1 is 0.704 bits per heavy atom. The molecule has 0 bridgehead atoms. The van der Waals surface area contributed by atoms with E-state index in [0.29, 0.717) is 16.1 Å². The molecular formula is C45H55F3N6O15S2. The average molecular weight is 1040 g/mol. The lowest BCUT2D eigenvalue weighted by Gasteiger charge is -2.45. The Morgan fingerprint density at radius 3 is 1.55 bits per heavy atom. The molecule has 0 aliphatic carbocycles.